The lowest BCUT2D eigenvalue weighted by atomic mass is 10.1. The maximum atomic E-state index is 13.0. The zero-order valence-corrected chi connectivity index (χ0v) is 19.9. The summed E-state index contributed by atoms with van der Waals surface area (Å²) in [4.78, 5) is 31.9. The van der Waals surface area contributed by atoms with Gasteiger partial charge in [-0.3, -0.25) is 14.2 Å². The largest absolute Gasteiger partial charge is 0.336 e. The van der Waals surface area contributed by atoms with Gasteiger partial charge >= 0.3 is 0 Å². The van der Waals surface area contributed by atoms with Gasteiger partial charge in [0.1, 0.15) is 6.33 Å². The average Bonchev–Trinajstić information content (AvgIpc) is 2.93. The minimum absolute atomic E-state index is 0.121. The third-order valence-electron chi connectivity index (χ3n) is 6.21. The molecule has 0 bridgehead atoms. The van der Waals surface area contributed by atoms with Crippen molar-refractivity contribution in [2.24, 2.45) is 0 Å². The maximum absolute atomic E-state index is 13.0. The number of nitrogens with zero attached hydrogens (tertiary/aromatic N) is 5. The molecule has 1 amide bonds. The molecule has 9 nitrogen and oxygen atoms in total. The van der Waals surface area contributed by atoms with Crippen molar-refractivity contribution in [3.8, 4) is 11.8 Å². The van der Waals surface area contributed by atoms with Gasteiger partial charge in [0.2, 0.25) is 10.0 Å². The number of benzene rings is 3. The molecule has 1 fully saturated rings. The predicted octanol–water partition coefficient (Wildman–Crippen LogP) is 2.40. The first kappa shape index (κ1) is 23.4. The number of hydrogen-bond donors (Lipinski definition) is 0. The van der Waals surface area contributed by atoms with Gasteiger partial charge in [-0.25, -0.2) is 13.4 Å². The Labute approximate surface area is 207 Å². The SMILES string of the molecule is N#Cc1ccc(S(=O)(=O)N2CCN(C(=O)c3ccc(-n4cnc5ccccc5c4=O)cc3)CC2)cc1. The summed E-state index contributed by atoms with van der Waals surface area (Å²) in [6.07, 6.45) is 1.47. The molecule has 10 heteroatoms. The zero-order chi connectivity index (χ0) is 25.3. The van der Waals surface area contributed by atoms with Gasteiger partial charge in [0, 0.05) is 31.7 Å². The van der Waals surface area contributed by atoms with Crippen molar-refractivity contribution >= 4 is 26.8 Å². The first-order valence-corrected chi connectivity index (χ1v) is 12.7. The number of amides is 1. The number of para-hydroxylation sites is 1. The van der Waals surface area contributed by atoms with E-state index in [1.54, 1.807) is 47.4 Å². The Morgan fingerprint density at radius 3 is 2.22 bits per heavy atom. The number of piperazine rings is 1. The molecule has 1 aliphatic heterocycles. The molecule has 0 unspecified atom stereocenters. The van der Waals surface area contributed by atoms with E-state index in [0.29, 0.717) is 27.7 Å². The molecule has 1 aliphatic rings. The first-order chi connectivity index (χ1) is 17.4. The summed E-state index contributed by atoms with van der Waals surface area (Å²) in [6.45, 7) is 0.850. The van der Waals surface area contributed by atoms with Gasteiger partial charge in [0.15, 0.2) is 0 Å². The molecule has 0 N–H and O–H groups in total. The van der Waals surface area contributed by atoms with Crippen LogP contribution in [0.5, 0.6) is 0 Å². The Bertz CT molecular complexity index is 1650. The van der Waals surface area contributed by atoms with Crippen LogP contribution in [-0.2, 0) is 10.0 Å². The number of nitriles is 1. The number of rotatable bonds is 4. The zero-order valence-electron chi connectivity index (χ0n) is 19.1. The van der Waals surface area contributed by atoms with Crippen molar-refractivity contribution < 1.29 is 13.2 Å². The second-order valence-electron chi connectivity index (χ2n) is 8.32. The highest BCUT2D eigenvalue weighted by Gasteiger charge is 2.30. The van der Waals surface area contributed by atoms with Gasteiger partial charge < -0.3 is 4.90 Å². The van der Waals surface area contributed by atoms with Crippen LogP contribution in [0.25, 0.3) is 16.6 Å². The van der Waals surface area contributed by atoms with Crippen LogP contribution in [0.15, 0.2) is 88.8 Å². The van der Waals surface area contributed by atoms with Gasteiger partial charge in [-0.15, -0.1) is 0 Å². The van der Waals surface area contributed by atoms with Crippen LogP contribution in [0.3, 0.4) is 0 Å². The molecule has 5 rings (SSSR count). The van der Waals surface area contributed by atoms with Gasteiger partial charge in [0.25, 0.3) is 11.5 Å². The van der Waals surface area contributed by atoms with E-state index >= 15 is 0 Å². The van der Waals surface area contributed by atoms with Gasteiger partial charge in [0.05, 0.1) is 33.1 Å². The number of aromatic nitrogens is 2. The number of carbonyl (C=O) groups is 1. The number of carbonyl (C=O) groups excluding carboxylic acids is 1. The van der Waals surface area contributed by atoms with E-state index in [1.165, 1.54) is 39.5 Å². The van der Waals surface area contributed by atoms with Crippen LogP contribution in [0.4, 0.5) is 0 Å². The third-order valence-corrected chi connectivity index (χ3v) is 8.12. The Kier molecular flexibility index (Phi) is 6.10. The second-order valence-corrected chi connectivity index (χ2v) is 10.3. The Hall–Kier alpha value is -4.33. The minimum atomic E-state index is -3.71. The summed E-state index contributed by atoms with van der Waals surface area (Å²) in [5.74, 6) is -0.207. The minimum Gasteiger partial charge on any atom is -0.336 e. The fourth-order valence-electron chi connectivity index (χ4n) is 4.18. The van der Waals surface area contributed by atoms with Gasteiger partial charge in [-0.05, 0) is 60.7 Å². The van der Waals surface area contributed by atoms with E-state index in [-0.39, 0.29) is 42.5 Å². The molecule has 36 heavy (non-hydrogen) atoms. The molecule has 4 aromatic rings. The third kappa shape index (κ3) is 4.26. The van der Waals surface area contributed by atoms with E-state index < -0.39 is 10.0 Å². The Morgan fingerprint density at radius 1 is 0.889 bits per heavy atom. The van der Waals surface area contributed by atoms with Crippen molar-refractivity contribution in [1.82, 2.24) is 18.8 Å². The summed E-state index contributed by atoms with van der Waals surface area (Å²) in [7, 11) is -3.71. The molecule has 180 valence electrons. The summed E-state index contributed by atoms with van der Waals surface area (Å²) in [5.41, 5.74) is 1.85. The van der Waals surface area contributed by atoms with Crippen molar-refractivity contribution in [3.63, 3.8) is 0 Å². The predicted molar refractivity (Wildman–Crippen MR) is 133 cm³/mol. The van der Waals surface area contributed by atoms with E-state index in [9.17, 15) is 18.0 Å². The number of sulfonamides is 1. The van der Waals surface area contributed by atoms with Crippen LogP contribution in [-0.4, -0.2) is 59.3 Å². The summed E-state index contributed by atoms with van der Waals surface area (Å²) in [5, 5.41) is 9.42. The monoisotopic (exact) mass is 499 g/mol. The fraction of sp³-hybridized carbons (Fsp3) is 0.154. The van der Waals surface area contributed by atoms with E-state index in [4.69, 9.17) is 5.26 Å². The van der Waals surface area contributed by atoms with E-state index in [1.807, 2.05) is 12.1 Å². The van der Waals surface area contributed by atoms with Crippen LogP contribution in [0, 0.1) is 11.3 Å². The molecule has 1 saturated heterocycles. The van der Waals surface area contributed by atoms with Gasteiger partial charge in [-0.2, -0.15) is 9.57 Å². The first-order valence-electron chi connectivity index (χ1n) is 11.2. The number of hydrogen-bond acceptors (Lipinski definition) is 6. The molecule has 3 aromatic carbocycles. The highest BCUT2D eigenvalue weighted by atomic mass is 32.2. The molecule has 0 aliphatic carbocycles. The Balaban J connectivity index is 1.28. The molecular formula is C26H21N5O4S. The topological polar surface area (TPSA) is 116 Å². The van der Waals surface area contributed by atoms with E-state index in [2.05, 4.69) is 4.98 Å². The number of fused-ring (bicyclic) bond motifs is 1. The highest BCUT2D eigenvalue weighted by molar-refractivity contribution is 7.89. The highest BCUT2D eigenvalue weighted by Crippen LogP contribution is 2.19. The average molecular weight is 500 g/mol. The van der Waals surface area contributed by atoms with Crippen molar-refractivity contribution in [3.05, 3.63) is 101 Å². The van der Waals surface area contributed by atoms with Crippen molar-refractivity contribution in [2.45, 2.75) is 4.90 Å². The Morgan fingerprint density at radius 2 is 1.56 bits per heavy atom. The quantitative estimate of drug-likeness (QED) is 0.426. The van der Waals surface area contributed by atoms with Crippen LogP contribution in [0.1, 0.15) is 15.9 Å². The molecule has 0 spiro atoms. The summed E-state index contributed by atoms with van der Waals surface area (Å²) < 4.78 is 28.6. The van der Waals surface area contributed by atoms with Gasteiger partial charge in [-0.1, -0.05) is 12.1 Å². The maximum Gasteiger partial charge on any atom is 0.265 e. The smallest absolute Gasteiger partial charge is 0.265 e. The molecule has 2 heterocycles. The van der Waals surface area contributed by atoms with Crippen molar-refractivity contribution in [2.75, 3.05) is 26.2 Å². The van der Waals surface area contributed by atoms with Crippen LogP contribution < -0.4 is 5.56 Å². The molecular weight excluding hydrogens is 478 g/mol. The van der Waals surface area contributed by atoms with Crippen molar-refractivity contribution in [1.29, 1.82) is 5.26 Å². The molecule has 1 aromatic heterocycles. The van der Waals surface area contributed by atoms with E-state index in [0.717, 1.165) is 0 Å². The standard InChI is InChI=1S/C26H21N5O4S/c27-17-19-5-11-22(12-6-19)36(34,35)30-15-13-29(14-16-30)25(32)20-7-9-21(10-8-20)31-18-28-24-4-2-1-3-23(24)26(31)33/h1-12,18H,13-16H2. The summed E-state index contributed by atoms with van der Waals surface area (Å²) in [6, 6.07) is 21.5. The molecule has 0 atom stereocenters. The van der Waals surface area contributed by atoms with Crippen LogP contribution >= 0.6 is 0 Å². The fourth-order valence-corrected chi connectivity index (χ4v) is 5.60. The summed E-state index contributed by atoms with van der Waals surface area (Å²) >= 11 is 0. The lowest BCUT2D eigenvalue weighted by Gasteiger charge is -2.34. The normalized spacial score (nSPS) is 14.5. The second kappa shape index (κ2) is 9.37. The molecule has 0 radical (unpaired) electrons. The lowest BCUT2D eigenvalue weighted by Crippen LogP contribution is -2.50. The molecule has 0 saturated carbocycles. The van der Waals surface area contributed by atoms with Crippen LogP contribution in [0.2, 0.25) is 0 Å². The lowest BCUT2D eigenvalue weighted by molar-refractivity contribution is 0.0698.